The fraction of sp³-hybridized carbons (Fsp3) is 0.632. The number of carbonyl (C=O) groups is 1. The Bertz CT molecular complexity index is 552. The molecular weight excluding hydrogens is 290 g/mol. The zero-order valence-corrected chi connectivity index (χ0v) is 14.2. The number of hydrogen-bond acceptors (Lipinski definition) is 3. The smallest absolute Gasteiger partial charge is 0.223 e. The van der Waals surface area contributed by atoms with Crippen LogP contribution in [0.1, 0.15) is 56.6 Å². The van der Waals surface area contributed by atoms with Crippen molar-refractivity contribution in [3.63, 3.8) is 0 Å². The molecule has 1 heterocycles. The number of nitrogens with zero attached hydrogens (tertiary/aromatic N) is 1. The number of methoxy groups -OCH3 is 2. The van der Waals surface area contributed by atoms with E-state index in [1.807, 2.05) is 12.1 Å². The second-order valence-corrected chi connectivity index (χ2v) is 6.71. The van der Waals surface area contributed by atoms with Gasteiger partial charge >= 0.3 is 0 Å². The molecule has 0 bridgehead atoms. The molecule has 2 aliphatic rings. The number of carbonyl (C=O) groups excluding carboxylic acids is 1. The van der Waals surface area contributed by atoms with Crippen LogP contribution in [0, 0.1) is 5.92 Å². The van der Waals surface area contributed by atoms with Crippen LogP contribution < -0.4 is 9.47 Å². The van der Waals surface area contributed by atoms with Crippen LogP contribution in [-0.4, -0.2) is 31.6 Å². The van der Waals surface area contributed by atoms with E-state index in [2.05, 4.69) is 11.0 Å². The topological polar surface area (TPSA) is 38.8 Å². The zero-order chi connectivity index (χ0) is 16.2. The molecule has 1 aliphatic heterocycles. The summed E-state index contributed by atoms with van der Waals surface area (Å²) in [5.41, 5.74) is 1.15. The Labute approximate surface area is 138 Å². The summed E-state index contributed by atoms with van der Waals surface area (Å²) < 4.78 is 10.7. The van der Waals surface area contributed by atoms with Gasteiger partial charge in [0.15, 0.2) is 11.5 Å². The lowest BCUT2D eigenvalue weighted by Gasteiger charge is -2.27. The number of ether oxygens (including phenoxy) is 2. The average molecular weight is 317 g/mol. The Kier molecular flexibility index (Phi) is 5.09. The van der Waals surface area contributed by atoms with E-state index >= 15 is 0 Å². The van der Waals surface area contributed by atoms with Crippen molar-refractivity contribution >= 4 is 5.91 Å². The first kappa shape index (κ1) is 16.2. The van der Waals surface area contributed by atoms with Gasteiger partial charge in [-0.25, -0.2) is 0 Å². The minimum atomic E-state index is 0.184. The lowest BCUT2D eigenvalue weighted by Crippen LogP contribution is -2.31. The Morgan fingerprint density at radius 3 is 2.52 bits per heavy atom. The zero-order valence-electron chi connectivity index (χ0n) is 14.2. The van der Waals surface area contributed by atoms with Crippen LogP contribution in [0.5, 0.6) is 11.5 Å². The molecule has 4 nitrogen and oxygen atoms in total. The molecule has 1 aromatic carbocycles. The Hall–Kier alpha value is -1.71. The molecule has 1 aromatic rings. The molecule has 0 radical (unpaired) electrons. The minimum absolute atomic E-state index is 0.184. The Morgan fingerprint density at radius 2 is 1.83 bits per heavy atom. The molecule has 4 heteroatoms. The molecule has 1 saturated carbocycles. The van der Waals surface area contributed by atoms with Crippen molar-refractivity contribution in [2.24, 2.45) is 5.92 Å². The number of amides is 1. The van der Waals surface area contributed by atoms with Crippen LogP contribution in [0.15, 0.2) is 18.2 Å². The minimum Gasteiger partial charge on any atom is -0.493 e. The van der Waals surface area contributed by atoms with E-state index in [1.165, 1.54) is 25.7 Å². The summed E-state index contributed by atoms with van der Waals surface area (Å²) in [6, 6.07) is 6.20. The highest BCUT2D eigenvalue weighted by molar-refractivity contribution is 5.77. The maximum atomic E-state index is 12.7. The Balaban J connectivity index is 1.74. The van der Waals surface area contributed by atoms with Crippen molar-refractivity contribution in [2.45, 2.75) is 51.0 Å². The standard InChI is InChI=1S/C19H27NO3/c1-22-17-10-9-15(13-18(17)23-2)16-8-5-11-20(16)19(21)12-14-6-3-4-7-14/h9-10,13-14,16H,3-8,11-12H2,1-2H3. The van der Waals surface area contributed by atoms with Gasteiger partial charge < -0.3 is 14.4 Å². The fourth-order valence-corrected chi connectivity index (χ4v) is 4.05. The summed E-state index contributed by atoms with van der Waals surface area (Å²) >= 11 is 0. The third kappa shape index (κ3) is 3.46. The van der Waals surface area contributed by atoms with E-state index < -0.39 is 0 Å². The highest BCUT2D eigenvalue weighted by atomic mass is 16.5. The van der Waals surface area contributed by atoms with Crippen molar-refractivity contribution < 1.29 is 14.3 Å². The Morgan fingerprint density at radius 1 is 1.09 bits per heavy atom. The summed E-state index contributed by atoms with van der Waals surface area (Å²) in [6.45, 7) is 0.880. The van der Waals surface area contributed by atoms with Crippen LogP contribution in [0.3, 0.4) is 0 Å². The largest absolute Gasteiger partial charge is 0.493 e. The molecule has 1 aliphatic carbocycles. The lowest BCUT2D eigenvalue weighted by molar-refractivity contribution is -0.133. The predicted octanol–water partition coefficient (Wildman–Crippen LogP) is 3.95. The molecule has 1 amide bonds. The van der Waals surface area contributed by atoms with Gasteiger partial charge in [0.1, 0.15) is 0 Å². The third-order valence-electron chi connectivity index (χ3n) is 5.30. The highest BCUT2D eigenvalue weighted by Gasteiger charge is 2.32. The average Bonchev–Trinajstić information content (AvgIpc) is 3.25. The monoisotopic (exact) mass is 317 g/mol. The molecule has 2 fully saturated rings. The van der Waals surface area contributed by atoms with Crippen LogP contribution in [0.4, 0.5) is 0 Å². The van der Waals surface area contributed by atoms with Gasteiger partial charge in [0.2, 0.25) is 5.91 Å². The molecule has 3 rings (SSSR count). The predicted molar refractivity (Wildman–Crippen MR) is 89.8 cm³/mol. The van der Waals surface area contributed by atoms with Gasteiger partial charge in [-0.2, -0.15) is 0 Å². The van der Waals surface area contributed by atoms with Gasteiger partial charge in [0.05, 0.1) is 20.3 Å². The van der Waals surface area contributed by atoms with Crippen molar-refractivity contribution in [3.05, 3.63) is 23.8 Å². The summed E-state index contributed by atoms with van der Waals surface area (Å²) in [5, 5.41) is 0. The lowest BCUT2D eigenvalue weighted by atomic mass is 10.0. The number of benzene rings is 1. The van der Waals surface area contributed by atoms with Crippen molar-refractivity contribution in [3.8, 4) is 11.5 Å². The first-order valence-corrected chi connectivity index (χ1v) is 8.74. The number of hydrogen-bond donors (Lipinski definition) is 0. The summed E-state index contributed by atoms with van der Waals surface area (Å²) in [4.78, 5) is 14.8. The van der Waals surface area contributed by atoms with Crippen LogP contribution >= 0.6 is 0 Å². The van der Waals surface area contributed by atoms with Gasteiger partial charge in [-0.3, -0.25) is 4.79 Å². The molecular formula is C19H27NO3. The second-order valence-electron chi connectivity index (χ2n) is 6.71. The molecule has 0 N–H and O–H groups in total. The van der Waals surface area contributed by atoms with Gasteiger partial charge in [0, 0.05) is 13.0 Å². The van der Waals surface area contributed by atoms with E-state index in [0.29, 0.717) is 11.8 Å². The van der Waals surface area contributed by atoms with E-state index in [1.54, 1.807) is 14.2 Å². The summed E-state index contributed by atoms with van der Waals surface area (Å²) in [7, 11) is 3.30. The molecule has 1 saturated heterocycles. The SMILES string of the molecule is COc1ccc(C2CCCN2C(=O)CC2CCCC2)cc1OC. The first-order valence-electron chi connectivity index (χ1n) is 8.74. The van der Waals surface area contributed by atoms with Gasteiger partial charge in [-0.15, -0.1) is 0 Å². The normalized spacial score (nSPS) is 21.7. The van der Waals surface area contributed by atoms with E-state index in [4.69, 9.17) is 9.47 Å². The molecule has 23 heavy (non-hydrogen) atoms. The summed E-state index contributed by atoms with van der Waals surface area (Å²) in [6.07, 6.45) is 7.86. The summed E-state index contributed by atoms with van der Waals surface area (Å²) in [5.74, 6) is 2.40. The van der Waals surface area contributed by atoms with Crippen molar-refractivity contribution in [2.75, 3.05) is 20.8 Å². The number of rotatable bonds is 5. The van der Waals surface area contributed by atoms with Crippen molar-refractivity contribution in [1.29, 1.82) is 0 Å². The first-order chi connectivity index (χ1) is 11.2. The molecule has 1 unspecified atom stereocenters. The third-order valence-corrected chi connectivity index (χ3v) is 5.30. The van der Waals surface area contributed by atoms with Gasteiger partial charge in [-0.05, 0) is 49.3 Å². The maximum Gasteiger partial charge on any atom is 0.223 e. The molecule has 1 atom stereocenters. The van der Waals surface area contributed by atoms with Crippen molar-refractivity contribution in [1.82, 2.24) is 4.90 Å². The van der Waals surface area contributed by atoms with E-state index in [0.717, 1.165) is 42.9 Å². The molecule has 126 valence electrons. The second kappa shape index (κ2) is 7.24. The van der Waals surface area contributed by atoms with E-state index in [-0.39, 0.29) is 6.04 Å². The highest BCUT2D eigenvalue weighted by Crippen LogP contribution is 2.38. The number of likely N-dealkylation sites (tertiary alicyclic amines) is 1. The maximum absolute atomic E-state index is 12.7. The van der Waals surface area contributed by atoms with Gasteiger partial charge in [0.25, 0.3) is 0 Å². The molecule has 0 aromatic heterocycles. The quantitative estimate of drug-likeness (QED) is 0.825. The van der Waals surface area contributed by atoms with Crippen LogP contribution in [0.2, 0.25) is 0 Å². The fourth-order valence-electron chi connectivity index (χ4n) is 4.05. The molecule has 0 spiro atoms. The van der Waals surface area contributed by atoms with E-state index in [9.17, 15) is 4.79 Å². The van der Waals surface area contributed by atoms with Crippen LogP contribution in [0.25, 0.3) is 0 Å². The van der Waals surface area contributed by atoms with Gasteiger partial charge in [-0.1, -0.05) is 18.9 Å². The van der Waals surface area contributed by atoms with Crippen LogP contribution in [-0.2, 0) is 4.79 Å².